The van der Waals surface area contributed by atoms with Gasteiger partial charge in [-0.05, 0) is 43.4 Å². The zero-order valence-corrected chi connectivity index (χ0v) is 32.3. The third-order valence-electron chi connectivity index (χ3n) is 10.4. The first kappa shape index (κ1) is 46.5. The largest absolute Gasteiger partial charge is 0.391 e. The van der Waals surface area contributed by atoms with Crippen LogP contribution in [0.1, 0.15) is 167 Å². The van der Waals surface area contributed by atoms with Crippen molar-refractivity contribution in [3.63, 3.8) is 0 Å². The first-order valence-corrected chi connectivity index (χ1v) is 20.9. The van der Waals surface area contributed by atoms with Crippen molar-refractivity contribution in [3.8, 4) is 0 Å². The summed E-state index contributed by atoms with van der Waals surface area (Å²) in [6.07, 6.45) is 18.3. The van der Waals surface area contributed by atoms with Crippen LogP contribution in [-0.4, -0.2) is 87.5 Å². The number of halogens is 1. The molecule has 1 fully saturated rings. The van der Waals surface area contributed by atoms with Crippen LogP contribution < -0.4 is 5.32 Å². The summed E-state index contributed by atoms with van der Waals surface area (Å²) in [5.41, 5.74) is 1.17. The van der Waals surface area contributed by atoms with Gasteiger partial charge in [-0.15, -0.1) is 0 Å². The molecule has 1 amide bonds. The third-order valence-corrected chi connectivity index (χ3v) is 10.4. The summed E-state index contributed by atoms with van der Waals surface area (Å²) in [5.74, 6) is -0.376. The Hall–Kier alpha value is -1.66. The summed E-state index contributed by atoms with van der Waals surface area (Å²) in [6.45, 7) is 1.89. The van der Waals surface area contributed by atoms with Crippen LogP contribution >= 0.6 is 0 Å². The lowest BCUT2D eigenvalue weighted by Crippen LogP contribution is -2.53. The van der Waals surface area contributed by atoms with Gasteiger partial charge >= 0.3 is 0 Å². The minimum Gasteiger partial charge on any atom is -0.391 e. The van der Waals surface area contributed by atoms with E-state index in [0.29, 0.717) is 12.8 Å². The van der Waals surface area contributed by atoms with Gasteiger partial charge in [0, 0.05) is 12.8 Å². The normalized spacial score (nSPS) is 22.1. The van der Waals surface area contributed by atoms with Gasteiger partial charge in [0.15, 0.2) is 6.29 Å². The fraction of sp³-hybridized carbons (Fsp3) is 0.833. The molecule has 302 valence electrons. The number of aliphatic hydroxyl groups is 5. The molecule has 52 heavy (non-hydrogen) atoms. The Bertz CT molecular complexity index is 1000. The van der Waals surface area contributed by atoms with Crippen molar-refractivity contribution in [1.82, 2.24) is 5.32 Å². The lowest BCUT2D eigenvalue weighted by molar-refractivity contribution is -0.249. The van der Waals surface area contributed by atoms with Gasteiger partial charge in [0.2, 0.25) is 5.91 Å². The van der Waals surface area contributed by atoms with Crippen LogP contribution in [0.2, 0.25) is 0 Å². The first-order chi connectivity index (χ1) is 25.2. The fourth-order valence-corrected chi connectivity index (χ4v) is 6.95. The number of hydrogen-bond donors (Lipinski definition) is 6. The van der Waals surface area contributed by atoms with Crippen molar-refractivity contribution in [1.29, 1.82) is 0 Å². The minimum atomic E-state index is -1.58. The molecule has 10 heteroatoms. The zero-order chi connectivity index (χ0) is 37.8. The monoisotopic (exact) mass is 740 g/mol. The van der Waals surface area contributed by atoms with Crippen LogP contribution in [0.25, 0.3) is 0 Å². The van der Waals surface area contributed by atoms with E-state index in [1.54, 1.807) is 0 Å². The van der Waals surface area contributed by atoms with E-state index in [9.17, 15) is 34.7 Å². The molecule has 0 aliphatic carbocycles. The second-order valence-corrected chi connectivity index (χ2v) is 15.2. The van der Waals surface area contributed by atoms with Crippen LogP contribution in [0.3, 0.4) is 0 Å². The van der Waals surface area contributed by atoms with E-state index in [2.05, 4.69) is 12.2 Å². The Morgan fingerprint density at radius 3 is 1.87 bits per heavy atom. The number of ether oxygens (including phenoxy) is 2. The van der Waals surface area contributed by atoms with Gasteiger partial charge in [-0.2, -0.15) is 0 Å². The molecule has 9 nitrogen and oxygen atoms in total. The average Bonchev–Trinajstić information content (AvgIpc) is 3.13. The van der Waals surface area contributed by atoms with E-state index in [0.717, 1.165) is 77.0 Å². The Morgan fingerprint density at radius 1 is 0.769 bits per heavy atom. The Labute approximate surface area is 314 Å². The molecular formula is C42H74FNO8. The first-order valence-electron chi connectivity index (χ1n) is 20.9. The Morgan fingerprint density at radius 2 is 1.29 bits per heavy atom. The van der Waals surface area contributed by atoms with Gasteiger partial charge in [-0.3, -0.25) is 4.79 Å². The van der Waals surface area contributed by atoms with Crippen molar-refractivity contribution in [2.75, 3.05) is 13.2 Å². The molecule has 2 rings (SSSR count). The van der Waals surface area contributed by atoms with E-state index in [-0.39, 0.29) is 31.4 Å². The van der Waals surface area contributed by atoms with Crippen LogP contribution in [0.5, 0.6) is 0 Å². The molecule has 1 aliphatic rings. The molecule has 7 atom stereocenters. The van der Waals surface area contributed by atoms with E-state index in [4.69, 9.17) is 9.47 Å². The zero-order valence-electron chi connectivity index (χ0n) is 32.3. The number of aliphatic hydroxyl groups excluding tert-OH is 5. The number of amides is 1. The van der Waals surface area contributed by atoms with E-state index in [1.165, 1.54) is 81.9 Å². The molecule has 0 saturated carbocycles. The molecule has 1 aromatic carbocycles. The summed E-state index contributed by atoms with van der Waals surface area (Å²) in [5, 5.41) is 55.1. The average molecular weight is 740 g/mol. The van der Waals surface area contributed by atoms with Gasteiger partial charge in [0.25, 0.3) is 0 Å². The smallest absolute Gasteiger partial charge is 0.220 e. The topological polar surface area (TPSA) is 149 Å². The molecule has 0 aromatic heterocycles. The van der Waals surface area contributed by atoms with Gasteiger partial charge in [0.1, 0.15) is 18.0 Å². The number of carbonyl (C=O) groups is 1. The van der Waals surface area contributed by atoms with Gasteiger partial charge in [0.05, 0.1) is 37.6 Å². The molecule has 6 N–H and O–H groups in total. The Kier molecular flexibility index (Phi) is 26.5. The highest BCUT2D eigenvalue weighted by Gasteiger charge is 2.37. The minimum absolute atomic E-state index is 0.139. The molecule has 5 unspecified atom stereocenters. The Balaban J connectivity index is 1.69. The highest BCUT2D eigenvalue weighted by Crippen LogP contribution is 2.20. The lowest BCUT2D eigenvalue weighted by atomic mass is 10.00. The molecule has 1 aromatic rings. The standard InChI is InChI=1S/C42H74FNO8/c1-2-3-4-5-6-7-8-9-10-11-15-18-21-24-37(46)36(32-52-42-41(50)40(49)38(47)30-35(45)31-51-42)44-39(48)25-22-19-16-13-12-14-17-20-23-33-26-28-34(43)29-27-33/h26-29,35-38,40-42,45-47,49-50H,2-25,30-32H2,1H3,(H,44,48)/t35?,36-,37+,38?,40?,41?,42?/m0/s1. The number of rotatable bonds is 30. The number of carbonyl (C=O) groups excluding carboxylic acids is 1. The lowest BCUT2D eigenvalue weighted by Gasteiger charge is -2.34. The van der Waals surface area contributed by atoms with Gasteiger partial charge in [-0.1, -0.05) is 141 Å². The molecule has 0 bridgehead atoms. The predicted octanol–water partition coefficient (Wildman–Crippen LogP) is 7.41. The summed E-state index contributed by atoms with van der Waals surface area (Å²) >= 11 is 0. The molecule has 0 spiro atoms. The van der Waals surface area contributed by atoms with Crippen molar-refractivity contribution in [2.24, 2.45) is 0 Å². The molecular weight excluding hydrogens is 665 g/mol. The molecule has 1 aliphatic heterocycles. The summed E-state index contributed by atoms with van der Waals surface area (Å²) < 4.78 is 24.3. The number of unbranched alkanes of at least 4 members (excludes halogenated alkanes) is 19. The SMILES string of the molecule is CCCCCCCCCCCCCCC[C@@H](O)[C@H](COC1OCC(O)CC(O)C(O)C1O)NC(=O)CCCCCCCCCCc1ccc(F)cc1. The third kappa shape index (κ3) is 21.9. The molecule has 1 heterocycles. The van der Waals surface area contributed by atoms with E-state index < -0.39 is 42.9 Å². The maximum absolute atomic E-state index is 13.1. The van der Waals surface area contributed by atoms with Crippen molar-refractivity contribution in [2.45, 2.75) is 210 Å². The maximum atomic E-state index is 13.1. The maximum Gasteiger partial charge on any atom is 0.220 e. The highest BCUT2D eigenvalue weighted by molar-refractivity contribution is 5.76. The molecule has 1 saturated heterocycles. The number of aryl methyl sites for hydroxylation is 1. The fourth-order valence-electron chi connectivity index (χ4n) is 6.95. The summed E-state index contributed by atoms with van der Waals surface area (Å²) in [7, 11) is 0. The summed E-state index contributed by atoms with van der Waals surface area (Å²) in [4.78, 5) is 13.0. The van der Waals surface area contributed by atoms with Crippen LogP contribution in [0.4, 0.5) is 4.39 Å². The van der Waals surface area contributed by atoms with Crippen LogP contribution in [0, 0.1) is 5.82 Å². The van der Waals surface area contributed by atoms with Crippen LogP contribution in [-0.2, 0) is 20.7 Å². The number of nitrogens with one attached hydrogen (secondary N) is 1. The quantitative estimate of drug-likeness (QED) is 0.0447. The molecule has 0 radical (unpaired) electrons. The van der Waals surface area contributed by atoms with Gasteiger partial charge in [-0.25, -0.2) is 4.39 Å². The second-order valence-electron chi connectivity index (χ2n) is 15.2. The number of benzene rings is 1. The van der Waals surface area contributed by atoms with E-state index in [1.807, 2.05) is 12.1 Å². The van der Waals surface area contributed by atoms with Crippen molar-refractivity contribution in [3.05, 3.63) is 35.6 Å². The van der Waals surface area contributed by atoms with Crippen molar-refractivity contribution < 1.29 is 44.2 Å². The highest BCUT2D eigenvalue weighted by atomic mass is 19.1. The van der Waals surface area contributed by atoms with Crippen molar-refractivity contribution >= 4 is 5.91 Å². The number of hydrogen-bond acceptors (Lipinski definition) is 8. The van der Waals surface area contributed by atoms with E-state index >= 15 is 0 Å². The summed E-state index contributed by atoms with van der Waals surface area (Å²) in [6, 6.07) is 5.98. The second kappa shape index (κ2) is 29.7. The van der Waals surface area contributed by atoms with Gasteiger partial charge < -0.3 is 40.3 Å². The predicted molar refractivity (Wildman–Crippen MR) is 204 cm³/mol. The van der Waals surface area contributed by atoms with Crippen LogP contribution in [0.15, 0.2) is 24.3 Å².